The topological polar surface area (TPSA) is 65.0 Å². The van der Waals surface area contributed by atoms with Crippen LogP contribution in [0.3, 0.4) is 0 Å². The summed E-state index contributed by atoms with van der Waals surface area (Å²) in [6.07, 6.45) is 0. The summed E-state index contributed by atoms with van der Waals surface area (Å²) in [6, 6.07) is 5.88. The molecule has 1 aromatic carbocycles. The zero-order valence-electron chi connectivity index (χ0n) is 12.2. The first kappa shape index (κ1) is 14.0. The third kappa shape index (κ3) is 2.76. The van der Waals surface area contributed by atoms with E-state index >= 15 is 0 Å². The number of amides is 2. The smallest absolute Gasteiger partial charge is 0.317 e. The van der Waals surface area contributed by atoms with Crippen molar-refractivity contribution in [2.24, 2.45) is 0 Å². The van der Waals surface area contributed by atoms with Crippen molar-refractivity contribution in [1.29, 1.82) is 0 Å². The number of phenols is 1. The molecule has 0 spiro atoms. The Morgan fingerprint density at radius 2 is 2.29 bits per heavy atom. The number of hydrogen-bond acceptors (Lipinski definition) is 4. The lowest BCUT2D eigenvalue weighted by Crippen LogP contribution is -2.51. The van der Waals surface area contributed by atoms with Crippen LogP contribution in [-0.2, 0) is 6.54 Å². The maximum absolute atomic E-state index is 11.6. The number of carbonyl (C=O) groups is 1. The molecule has 114 valence electrons. The number of para-hydroxylation sites is 1. The average Bonchev–Trinajstić information content (AvgIpc) is 2.85. The van der Waals surface area contributed by atoms with Crippen molar-refractivity contribution in [3.8, 4) is 11.5 Å². The number of aromatic hydroxyl groups is 1. The summed E-state index contributed by atoms with van der Waals surface area (Å²) >= 11 is 0. The number of rotatable bonds is 4. The van der Waals surface area contributed by atoms with Crippen LogP contribution in [-0.4, -0.2) is 59.8 Å². The molecule has 2 aliphatic heterocycles. The summed E-state index contributed by atoms with van der Waals surface area (Å²) in [6.45, 7) is 6.20. The van der Waals surface area contributed by atoms with Gasteiger partial charge in [-0.3, -0.25) is 4.90 Å². The summed E-state index contributed by atoms with van der Waals surface area (Å²) < 4.78 is 5.42. The molecule has 2 N–H and O–H groups in total. The monoisotopic (exact) mass is 291 g/mol. The van der Waals surface area contributed by atoms with Gasteiger partial charge in [0.1, 0.15) is 0 Å². The van der Waals surface area contributed by atoms with Crippen LogP contribution in [0.4, 0.5) is 4.79 Å². The molecule has 2 saturated heterocycles. The molecule has 2 amide bonds. The quantitative estimate of drug-likeness (QED) is 0.868. The molecule has 0 aliphatic carbocycles. The predicted octanol–water partition coefficient (Wildman–Crippen LogP) is 1.00. The summed E-state index contributed by atoms with van der Waals surface area (Å²) in [5.74, 6) is 0.758. The number of carbonyl (C=O) groups excluding carboxylic acids is 1. The Kier molecular flexibility index (Phi) is 3.88. The first-order valence-electron chi connectivity index (χ1n) is 7.39. The number of ether oxygens (including phenoxy) is 1. The van der Waals surface area contributed by atoms with E-state index in [-0.39, 0.29) is 17.8 Å². The van der Waals surface area contributed by atoms with Gasteiger partial charge in [0.2, 0.25) is 0 Å². The highest BCUT2D eigenvalue weighted by Gasteiger charge is 2.35. The largest absolute Gasteiger partial charge is 0.504 e. The Bertz CT molecular complexity index is 535. The average molecular weight is 291 g/mol. The van der Waals surface area contributed by atoms with E-state index in [4.69, 9.17) is 4.74 Å². The molecule has 3 rings (SSSR count). The van der Waals surface area contributed by atoms with Crippen molar-refractivity contribution < 1.29 is 14.6 Å². The molecule has 2 heterocycles. The van der Waals surface area contributed by atoms with E-state index in [2.05, 4.69) is 10.2 Å². The fourth-order valence-electron chi connectivity index (χ4n) is 3.02. The second-order valence-corrected chi connectivity index (χ2v) is 5.47. The normalized spacial score (nSPS) is 22.0. The van der Waals surface area contributed by atoms with Crippen LogP contribution in [0.5, 0.6) is 11.5 Å². The van der Waals surface area contributed by atoms with Crippen molar-refractivity contribution in [1.82, 2.24) is 15.1 Å². The SMILES string of the molecule is CCOc1cccc(CN2CCN3C(=O)NCC3C2)c1O. The molecule has 2 aliphatic rings. The van der Waals surface area contributed by atoms with Gasteiger partial charge in [-0.25, -0.2) is 4.79 Å². The van der Waals surface area contributed by atoms with Gasteiger partial charge in [-0.2, -0.15) is 0 Å². The number of benzene rings is 1. The maximum atomic E-state index is 11.6. The second kappa shape index (κ2) is 5.81. The molecular weight excluding hydrogens is 270 g/mol. The number of hydrogen-bond donors (Lipinski definition) is 2. The molecule has 6 nitrogen and oxygen atoms in total. The zero-order valence-corrected chi connectivity index (χ0v) is 12.2. The highest BCUT2D eigenvalue weighted by atomic mass is 16.5. The number of phenolic OH excluding ortho intramolecular Hbond substituents is 1. The minimum atomic E-state index is 0.0424. The number of urea groups is 1. The van der Waals surface area contributed by atoms with Gasteiger partial charge in [0, 0.05) is 38.3 Å². The Morgan fingerprint density at radius 1 is 1.43 bits per heavy atom. The zero-order chi connectivity index (χ0) is 14.8. The van der Waals surface area contributed by atoms with Gasteiger partial charge < -0.3 is 20.1 Å². The molecule has 21 heavy (non-hydrogen) atoms. The van der Waals surface area contributed by atoms with Crippen molar-refractivity contribution in [3.63, 3.8) is 0 Å². The third-order valence-corrected chi connectivity index (χ3v) is 4.09. The first-order valence-corrected chi connectivity index (χ1v) is 7.39. The lowest BCUT2D eigenvalue weighted by atomic mass is 10.1. The minimum absolute atomic E-state index is 0.0424. The summed E-state index contributed by atoms with van der Waals surface area (Å²) in [4.78, 5) is 15.7. The van der Waals surface area contributed by atoms with E-state index in [1.54, 1.807) is 6.07 Å². The van der Waals surface area contributed by atoms with Gasteiger partial charge in [0.25, 0.3) is 0 Å². The Morgan fingerprint density at radius 3 is 3.10 bits per heavy atom. The molecule has 2 fully saturated rings. The Labute approximate surface area is 124 Å². The number of fused-ring (bicyclic) bond motifs is 1. The fraction of sp³-hybridized carbons (Fsp3) is 0.533. The predicted molar refractivity (Wildman–Crippen MR) is 78.4 cm³/mol. The van der Waals surface area contributed by atoms with E-state index in [0.29, 0.717) is 25.4 Å². The van der Waals surface area contributed by atoms with E-state index in [1.807, 2.05) is 24.0 Å². The van der Waals surface area contributed by atoms with E-state index in [0.717, 1.165) is 25.2 Å². The molecule has 6 heteroatoms. The lowest BCUT2D eigenvalue weighted by Gasteiger charge is -2.36. The van der Waals surface area contributed by atoms with Gasteiger partial charge in [-0.05, 0) is 13.0 Å². The van der Waals surface area contributed by atoms with Gasteiger partial charge >= 0.3 is 6.03 Å². The van der Waals surface area contributed by atoms with Gasteiger partial charge in [0.05, 0.1) is 12.6 Å². The molecule has 1 aromatic rings. The van der Waals surface area contributed by atoms with Crippen LogP contribution in [0.25, 0.3) is 0 Å². The minimum Gasteiger partial charge on any atom is -0.504 e. The molecule has 0 saturated carbocycles. The molecule has 0 bridgehead atoms. The van der Waals surface area contributed by atoms with Crippen molar-refractivity contribution in [2.75, 3.05) is 32.8 Å². The van der Waals surface area contributed by atoms with Crippen molar-refractivity contribution in [3.05, 3.63) is 23.8 Å². The van der Waals surface area contributed by atoms with Crippen molar-refractivity contribution in [2.45, 2.75) is 19.5 Å². The van der Waals surface area contributed by atoms with Gasteiger partial charge in [-0.1, -0.05) is 12.1 Å². The number of nitrogens with zero attached hydrogens (tertiary/aromatic N) is 2. The third-order valence-electron chi connectivity index (χ3n) is 4.09. The maximum Gasteiger partial charge on any atom is 0.317 e. The fourth-order valence-corrected chi connectivity index (χ4v) is 3.02. The Hall–Kier alpha value is -1.95. The summed E-state index contributed by atoms with van der Waals surface area (Å²) in [5, 5.41) is 13.1. The highest BCUT2D eigenvalue weighted by molar-refractivity contribution is 5.77. The molecule has 1 unspecified atom stereocenters. The van der Waals surface area contributed by atoms with Gasteiger partial charge in [-0.15, -0.1) is 0 Å². The van der Waals surface area contributed by atoms with E-state index in [9.17, 15) is 9.90 Å². The lowest BCUT2D eigenvalue weighted by molar-refractivity contribution is 0.116. The van der Waals surface area contributed by atoms with Gasteiger partial charge in [0.15, 0.2) is 11.5 Å². The summed E-state index contributed by atoms with van der Waals surface area (Å²) in [5.41, 5.74) is 0.867. The first-order chi connectivity index (χ1) is 10.2. The molecule has 1 atom stereocenters. The van der Waals surface area contributed by atoms with Crippen LogP contribution in [0.1, 0.15) is 12.5 Å². The van der Waals surface area contributed by atoms with Crippen LogP contribution < -0.4 is 10.1 Å². The van der Waals surface area contributed by atoms with Crippen LogP contribution in [0.15, 0.2) is 18.2 Å². The van der Waals surface area contributed by atoms with Crippen LogP contribution in [0.2, 0.25) is 0 Å². The standard InChI is InChI=1S/C15H21N3O3/c1-2-21-13-5-3-4-11(14(13)19)9-17-6-7-18-12(10-17)8-16-15(18)20/h3-5,12,19H,2,6-10H2,1H3,(H,16,20). The van der Waals surface area contributed by atoms with E-state index in [1.165, 1.54) is 0 Å². The second-order valence-electron chi connectivity index (χ2n) is 5.47. The van der Waals surface area contributed by atoms with Crippen LogP contribution >= 0.6 is 0 Å². The van der Waals surface area contributed by atoms with Crippen LogP contribution in [0, 0.1) is 0 Å². The number of nitrogens with one attached hydrogen (secondary N) is 1. The van der Waals surface area contributed by atoms with E-state index < -0.39 is 0 Å². The highest BCUT2D eigenvalue weighted by Crippen LogP contribution is 2.31. The summed E-state index contributed by atoms with van der Waals surface area (Å²) in [7, 11) is 0. The molecular formula is C15H21N3O3. The Balaban J connectivity index is 1.67. The molecule has 0 aromatic heterocycles. The number of piperazine rings is 1. The molecule has 0 radical (unpaired) electrons. The van der Waals surface area contributed by atoms with Crippen molar-refractivity contribution >= 4 is 6.03 Å².